The maximum absolute atomic E-state index is 12.6. The Morgan fingerprint density at radius 2 is 1.65 bits per heavy atom. The van der Waals surface area contributed by atoms with Gasteiger partial charge in [0.05, 0.1) is 5.75 Å². The third-order valence-electron chi connectivity index (χ3n) is 5.56. The van der Waals surface area contributed by atoms with Gasteiger partial charge in [0.2, 0.25) is 5.91 Å². The summed E-state index contributed by atoms with van der Waals surface area (Å²) in [6, 6.07) is 27.8. The van der Waals surface area contributed by atoms with E-state index >= 15 is 0 Å². The SMILES string of the molecule is C[C@H](CNC(=O)c1ccc([C@H]2SCC(=O)N2Cc2ccccc2)cc1)c1ccccc1. The molecule has 2 amide bonds. The molecule has 0 spiro atoms. The van der Waals surface area contributed by atoms with Crippen LogP contribution in [0.1, 0.15) is 45.3 Å². The number of carbonyl (C=O) groups is 2. The zero-order valence-electron chi connectivity index (χ0n) is 17.5. The number of carbonyl (C=O) groups excluding carboxylic acids is 2. The normalized spacial score (nSPS) is 16.9. The van der Waals surface area contributed by atoms with E-state index < -0.39 is 0 Å². The number of benzene rings is 3. The van der Waals surface area contributed by atoms with Gasteiger partial charge in [0.25, 0.3) is 5.91 Å². The van der Waals surface area contributed by atoms with Crippen LogP contribution in [0.15, 0.2) is 84.9 Å². The summed E-state index contributed by atoms with van der Waals surface area (Å²) < 4.78 is 0. The molecule has 1 aliphatic heterocycles. The molecule has 1 heterocycles. The van der Waals surface area contributed by atoms with Gasteiger partial charge in [0.15, 0.2) is 0 Å². The zero-order valence-corrected chi connectivity index (χ0v) is 18.3. The molecule has 1 saturated heterocycles. The molecule has 1 aliphatic rings. The minimum Gasteiger partial charge on any atom is -0.351 e. The van der Waals surface area contributed by atoms with E-state index in [-0.39, 0.29) is 23.1 Å². The number of nitrogens with zero attached hydrogens (tertiary/aromatic N) is 1. The Morgan fingerprint density at radius 3 is 2.32 bits per heavy atom. The summed E-state index contributed by atoms with van der Waals surface area (Å²) >= 11 is 1.63. The van der Waals surface area contributed by atoms with Crippen molar-refractivity contribution >= 4 is 23.6 Å². The smallest absolute Gasteiger partial charge is 0.251 e. The molecule has 0 aromatic heterocycles. The topological polar surface area (TPSA) is 49.4 Å². The first kappa shape index (κ1) is 21.2. The molecule has 1 N–H and O–H groups in total. The summed E-state index contributed by atoms with van der Waals surface area (Å²) in [4.78, 5) is 26.9. The van der Waals surface area contributed by atoms with Crippen molar-refractivity contribution in [3.63, 3.8) is 0 Å². The summed E-state index contributed by atoms with van der Waals surface area (Å²) in [5, 5.41) is 3.00. The highest BCUT2D eigenvalue weighted by Gasteiger charge is 2.32. The van der Waals surface area contributed by atoms with Crippen LogP contribution in [-0.2, 0) is 11.3 Å². The van der Waals surface area contributed by atoms with Crippen LogP contribution in [0.25, 0.3) is 0 Å². The number of hydrogen-bond donors (Lipinski definition) is 1. The van der Waals surface area contributed by atoms with E-state index in [9.17, 15) is 9.59 Å². The van der Waals surface area contributed by atoms with Gasteiger partial charge in [0.1, 0.15) is 5.37 Å². The van der Waals surface area contributed by atoms with E-state index in [1.165, 1.54) is 5.56 Å². The average Bonchev–Trinajstić information content (AvgIpc) is 3.18. The summed E-state index contributed by atoms with van der Waals surface area (Å²) in [6.45, 7) is 3.29. The van der Waals surface area contributed by atoms with Crippen molar-refractivity contribution in [2.75, 3.05) is 12.3 Å². The Bertz CT molecular complexity index is 1020. The van der Waals surface area contributed by atoms with Gasteiger partial charge in [-0.05, 0) is 34.7 Å². The van der Waals surface area contributed by atoms with Gasteiger partial charge in [-0.2, -0.15) is 0 Å². The van der Waals surface area contributed by atoms with Crippen LogP contribution in [-0.4, -0.2) is 29.0 Å². The molecule has 158 valence electrons. The Morgan fingerprint density at radius 1 is 1.00 bits per heavy atom. The Kier molecular flexibility index (Phi) is 6.73. The predicted molar refractivity (Wildman–Crippen MR) is 126 cm³/mol. The van der Waals surface area contributed by atoms with E-state index in [0.717, 1.165) is 11.1 Å². The molecule has 31 heavy (non-hydrogen) atoms. The maximum atomic E-state index is 12.6. The quantitative estimate of drug-likeness (QED) is 0.574. The highest BCUT2D eigenvalue weighted by Crippen LogP contribution is 2.39. The molecule has 0 unspecified atom stereocenters. The lowest BCUT2D eigenvalue weighted by atomic mass is 10.0. The standard InChI is InChI=1S/C26H26N2O2S/c1-19(21-10-6-3-7-11-21)16-27-25(30)22-12-14-23(15-13-22)26-28(24(29)18-31-26)17-20-8-4-2-5-9-20/h2-15,19,26H,16-18H2,1H3,(H,27,30)/t19-,26-/m1/s1. The lowest BCUT2D eigenvalue weighted by Crippen LogP contribution is -2.28. The summed E-state index contributed by atoms with van der Waals surface area (Å²) in [5.74, 6) is 0.801. The minimum atomic E-state index is -0.0781. The fourth-order valence-electron chi connectivity index (χ4n) is 3.73. The van der Waals surface area contributed by atoms with Gasteiger partial charge < -0.3 is 10.2 Å². The van der Waals surface area contributed by atoms with E-state index in [1.54, 1.807) is 11.8 Å². The van der Waals surface area contributed by atoms with Gasteiger partial charge in [-0.15, -0.1) is 11.8 Å². The molecule has 0 bridgehead atoms. The highest BCUT2D eigenvalue weighted by atomic mass is 32.2. The Balaban J connectivity index is 1.39. The molecule has 0 radical (unpaired) electrons. The maximum Gasteiger partial charge on any atom is 0.251 e. The number of hydrogen-bond acceptors (Lipinski definition) is 3. The van der Waals surface area contributed by atoms with Crippen LogP contribution >= 0.6 is 11.8 Å². The average molecular weight is 431 g/mol. The van der Waals surface area contributed by atoms with Crippen molar-refractivity contribution in [2.45, 2.75) is 24.8 Å². The van der Waals surface area contributed by atoms with Gasteiger partial charge in [-0.3, -0.25) is 9.59 Å². The molecule has 1 fully saturated rings. The lowest BCUT2D eigenvalue weighted by molar-refractivity contribution is -0.128. The van der Waals surface area contributed by atoms with Crippen molar-refractivity contribution < 1.29 is 9.59 Å². The molecule has 3 aromatic carbocycles. The predicted octanol–water partition coefficient (Wildman–Crippen LogP) is 4.99. The van der Waals surface area contributed by atoms with Gasteiger partial charge in [-0.25, -0.2) is 0 Å². The summed E-state index contributed by atoms with van der Waals surface area (Å²) in [6.07, 6.45) is 0. The second-order valence-electron chi connectivity index (χ2n) is 7.81. The molecular weight excluding hydrogens is 404 g/mol. The molecule has 3 aromatic rings. The molecule has 0 aliphatic carbocycles. The van der Waals surface area contributed by atoms with Crippen LogP contribution < -0.4 is 5.32 Å². The van der Waals surface area contributed by atoms with Crippen LogP contribution in [0.5, 0.6) is 0 Å². The first-order valence-electron chi connectivity index (χ1n) is 10.5. The van der Waals surface area contributed by atoms with Crippen molar-refractivity contribution in [3.05, 3.63) is 107 Å². The van der Waals surface area contributed by atoms with E-state index in [2.05, 4.69) is 24.4 Å². The van der Waals surface area contributed by atoms with Gasteiger partial charge >= 0.3 is 0 Å². The third kappa shape index (κ3) is 5.17. The molecule has 4 nitrogen and oxygen atoms in total. The summed E-state index contributed by atoms with van der Waals surface area (Å²) in [5.41, 5.74) is 4.00. The van der Waals surface area contributed by atoms with Crippen LogP contribution in [0.2, 0.25) is 0 Å². The number of rotatable bonds is 7. The first-order chi connectivity index (χ1) is 15.1. The summed E-state index contributed by atoms with van der Waals surface area (Å²) in [7, 11) is 0. The first-order valence-corrected chi connectivity index (χ1v) is 11.5. The van der Waals surface area contributed by atoms with E-state index in [0.29, 0.717) is 24.4 Å². The van der Waals surface area contributed by atoms with Gasteiger partial charge in [0, 0.05) is 18.7 Å². The number of nitrogens with one attached hydrogen (secondary N) is 1. The highest BCUT2D eigenvalue weighted by molar-refractivity contribution is 8.00. The third-order valence-corrected chi connectivity index (χ3v) is 6.82. The fraction of sp³-hybridized carbons (Fsp3) is 0.231. The number of amides is 2. The Labute approximate surface area is 187 Å². The molecule has 4 rings (SSSR count). The molecule has 0 saturated carbocycles. The van der Waals surface area contributed by atoms with Crippen LogP contribution in [0.4, 0.5) is 0 Å². The number of thioether (sulfide) groups is 1. The van der Waals surface area contributed by atoms with Gasteiger partial charge in [-0.1, -0.05) is 79.7 Å². The van der Waals surface area contributed by atoms with Crippen LogP contribution in [0.3, 0.4) is 0 Å². The largest absolute Gasteiger partial charge is 0.351 e. The fourth-order valence-corrected chi connectivity index (χ4v) is 4.92. The zero-order chi connectivity index (χ0) is 21.6. The molecule has 2 atom stereocenters. The van der Waals surface area contributed by atoms with Crippen LogP contribution in [0, 0.1) is 0 Å². The lowest BCUT2D eigenvalue weighted by Gasteiger charge is -2.24. The monoisotopic (exact) mass is 430 g/mol. The minimum absolute atomic E-state index is 0.0251. The molecular formula is C26H26N2O2S. The molecule has 5 heteroatoms. The van der Waals surface area contributed by atoms with Crippen molar-refractivity contribution in [1.29, 1.82) is 0 Å². The van der Waals surface area contributed by atoms with Crippen molar-refractivity contribution in [2.24, 2.45) is 0 Å². The van der Waals surface area contributed by atoms with Crippen molar-refractivity contribution in [3.8, 4) is 0 Å². The Hall–Kier alpha value is -3.05. The second-order valence-corrected chi connectivity index (χ2v) is 8.88. The second kappa shape index (κ2) is 9.84. The van der Waals surface area contributed by atoms with E-state index in [1.807, 2.05) is 77.7 Å². The van der Waals surface area contributed by atoms with E-state index in [4.69, 9.17) is 0 Å². The van der Waals surface area contributed by atoms with Crippen molar-refractivity contribution in [1.82, 2.24) is 10.2 Å².